The molecule has 0 aromatic heterocycles. The van der Waals surface area contributed by atoms with Crippen LogP contribution in [0.1, 0.15) is 40.5 Å². The van der Waals surface area contributed by atoms with Crippen molar-refractivity contribution < 1.29 is 24.2 Å². The Balaban J connectivity index is 2.09. The normalized spacial score (nSPS) is 31.7. The van der Waals surface area contributed by atoms with E-state index in [0.717, 1.165) is 6.42 Å². The van der Waals surface area contributed by atoms with Crippen LogP contribution < -0.4 is 0 Å². The zero-order chi connectivity index (χ0) is 23.8. The second kappa shape index (κ2) is 9.59. The van der Waals surface area contributed by atoms with Crippen molar-refractivity contribution in [3.05, 3.63) is 25.3 Å². The zero-order valence-electron chi connectivity index (χ0n) is 19.5. The number of thioether (sulfide) groups is 1. The lowest BCUT2D eigenvalue weighted by Gasteiger charge is -2.41. The van der Waals surface area contributed by atoms with Gasteiger partial charge in [-0.3, -0.25) is 14.4 Å². The average molecular weight is 465 g/mol. The van der Waals surface area contributed by atoms with Crippen molar-refractivity contribution in [3.63, 3.8) is 0 Å². The van der Waals surface area contributed by atoms with Crippen molar-refractivity contribution in [2.45, 2.75) is 68.7 Å². The molecule has 2 bridgehead atoms. The van der Waals surface area contributed by atoms with Crippen LogP contribution in [0, 0.1) is 17.8 Å². The summed E-state index contributed by atoms with van der Waals surface area (Å²) in [7, 11) is 0. The van der Waals surface area contributed by atoms with Crippen molar-refractivity contribution in [3.8, 4) is 0 Å². The number of hydrogen-bond donors (Lipinski definition) is 1. The molecule has 2 amide bonds. The zero-order valence-corrected chi connectivity index (χ0v) is 20.3. The molecule has 3 saturated heterocycles. The fourth-order valence-corrected chi connectivity index (χ4v) is 7.89. The second-order valence-corrected chi connectivity index (χ2v) is 11.2. The van der Waals surface area contributed by atoms with Gasteiger partial charge in [-0.25, -0.2) is 0 Å². The van der Waals surface area contributed by atoms with Crippen molar-refractivity contribution >= 4 is 29.5 Å². The third kappa shape index (κ3) is 3.79. The lowest BCUT2D eigenvalue weighted by molar-refractivity contribution is -0.154. The van der Waals surface area contributed by atoms with E-state index in [9.17, 15) is 19.5 Å². The predicted molar refractivity (Wildman–Crippen MR) is 125 cm³/mol. The first-order valence-corrected chi connectivity index (χ1v) is 12.3. The van der Waals surface area contributed by atoms with E-state index in [-0.39, 0.29) is 42.2 Å². The molecule has 0 saturated carbocycles. The summed E-state index contributed by atoms with van der Waals surface area (Å²) >= 11 is 1.61. The highest BCUT2D eigenvalue weighted by Gasteiger charge is 2.75. The number of ether oxygens (including phenoxy) is 1. The van der Waals surface area contributed by atoms with Gasteiger partial charge in [0, 0.05) is 17.8 Å². The van der Waals surface area contributed by atoms with Crippen LogP contribution in [0.15, 0.2) is 25.3 Å². The lowest BCUT2D eigenvalue weighted by Crippen LogP contribution is -2.59. The summed E-state index contributed by atoms with van der Waals surface area (Å²) in [5.41, 5.74) is 0. The number of fused-ring (bicyclic) bond motifs is 1. The minimum Gasteiger partial charge on any atom is -0.461 e. The number of rotatable bonds is 10. The molecule has 0 aliphatic carbocycles. The second-order valence-electron chi connectivity index (χ2n) is 9.59. The van der Waals surface area contributed by atoms with Crippen LogP contribution in [0.5, 0.6) is 0 Å². The number of hydrogen-bond acceptors (Lipinski definition) is 6. The average Bonchev–Trinajstić information content (AvgIpc) is 3.38. The molecule has 0 aromatic carbocycles. The van der Waals surface area contributed by atoms with Gasteiger partial charge in [0.15, 0.2) is 0 Å². The summed E-state index contributed by atoms with van der Waals surface area (Å²) in [5, 5.41) is 10.2. The molecule has 178 valence electrons. The van der Waals surface area contributed by atoms with E-state index < -0.39 is 34.6 Å². The Morgan fingerprint density at radius 1 is 1.31 bits per heavy atom. The molecule has 3 rings (SSSR count). The number of likely N-dealkylation sites (tertiary alicyclic amines) is 1. The number of carbonyl (C=O) groups is 3. The molecular weight excluding hydrogens is 428 g/mol. The summed E-state index contributed by atoms with van der Waals surface area (Å²) in [6.45, 7) is 15.4. The van der Waals surface area contributed by atoms with Gasteiger partial charge in [-0.15, -0.1) is 18.3 Å². The molecule has 0 aromatic rings. The van der Waals surface area contributed by atoms with Crippen LogP contribution in [0.25, 0.3) is 0 Å². The molecule has 0 radical (unpaired) electrons. The maximum Gasteiger partial charge on any atom is 0.311 e. The largest absolute Gasteiger partial charge is 0.461 e. The highest BCUT2D eigenvalue weighted by Crippen LogP contribution is 2.67. The molecule has 3 heterocycles. The van der Waals surface area contributed by atoms with Crippen molar-refractivity contribution in [1.29, 1.82) is 0 Å². The van der Waals surface area contributed by atoms with Crippen molar-refractivity contribution in [2.24, 2.45) is 17.8 Å². The van der Waals surface area contributed by atoms with Gasteiger partial charge in [0.25, 0.3) is 0 Å². The Bertz CT molecular complexity index is 784. The van der Waals surface area contributed by atoms with Gasteiger partial charge in [-0.1, -0.05) is 32.6 Å². The molecule has 32 heavy (non-hydrogen) atoms. The van der Waals surface area contributed by atoms with Crippen molar-refractivity contribution in [2.75, 3.05) is 19.8 Å². The predicted octanol–water partition coefficient (Wildman–Crippen LogP) is 2.25. The smallest absolute Gasteiger partial charge is 0.311 e. The molecule has 3 aliphatic heterocycles. The Labute approximate surface area is 195 Å². The van der Waals surface area contributed by atoms with E-state index in [1.807, 2.05) is 27.7 Å². The third-order valence-corrected chi connectivity index (χ3v) is 9.09. The van der Waals surface area contributed by atoms with E-state index in [1.165, 1.54) is 6.08 Å². The van der Waals surface area contributed by atoms with Gasteiger partial charge in [-0.05, 0) is 32.6 Å². The number of carbonyl (C=O) groups excluding carboxylic acids is 3. The summed E-state index contributed by atoms with van der Waals surface area (Å²) in [6.07, 6.45) is 4.65. The van der Waals surface area contributed by atoms with E-state index >= 15 is 0 Å². The lowest BCUT2D eigenvalue weighted by atomic mass is 9.71. The molecule has 3 aliphatic rings. The number of amides is 2. The van der Waals surface area contributed by atoms with Gasteiger partial charge in [-0.2, -0.15) is 0 Å². The molecular formula is C24H36N2O5S. The van der Waals surface area contributed by atoms with Crippen LogP contribution in [0.2, 0.25) is 0 Å². The number of aliphatic hydroxyl groups excluding tert-OH is 1. The summed E-state index contributed by atoms with van der Waals surface area (Å²) < 4.78 is 4.68. The summed E-state index contributed by atoms with van der Waals surface area (Å²) in [5.74, 6) is -2.00. The fourth-order valence-electron chi connectivity index (χ4n) is 5.70. The molecule has 6 atom stereocenters. The van der Waals surface area contributed by atoms with Crippen molar-refractivity contribution in [1.82, 2.24) is 9.80 Å². The highest BCUT2D eigenvalue weighted by molar-refractivity contribution is 8.02. The minimum atomic E-state index is -0.728. The molecule has 7 nitrogen and oxygen atoms in total. The topological polar surface area (TPSA) is 87.2 Å². The Hall–Kier alpha value is -1.80. The van der Waals surface area contributed by atoms with Gasteiger partial charge in [0.2, 0.25) is 11.8 Å². The van der Waals surface area contributed by atoms with E-state index in [0.29, 0.717) is 13.0 Å². The first-order chi connectivity index (χ1) is 15.2. The monoisotopic (exact) mass is 464 g/mol. The van der Waals surface area contributed by atoms with E-state index in [2.05, 4.69) is 13.2 Å². The molecule has 8 heteroatoms. The summed E-state index contributed by atoms with van der Waals surface area (Å²) in [4.78, 5) is 44.2. The SMILES string of the molecule is C=CCOC(=O)[C@@H]1[C@@H]2CCC3(S2)C(C(=O)N(CC=C)C(C)C)N([C@@H](CO)C(C)C)C(=O)[C@H]13. The van der Waals surface area contributed by atoms with Gasteiger partial charge in [0.1, 0.15) is 12.6 Å². The minimum absolute atomic E-state index is 0.0442. The Morgan fingerprint density at radius 3 is 2.53 bits per heavy atom. The molecule has 2 unspecified atom stereocenters. The maximum absolute atomic E-state index is 14.0. The molecule has 3 fully saturated rings. The van der Waals surface area contributed by atoms with E-state index in [1.54, 1.807) is 27.6 Å². The molecule has 1 N–H and O–H groups in total. The van der Waals surface area contributed by atoms with Gasteiger partial charge in [0.05, 0.1) is 29.2 Å². The van der Waals surface area contributed by atoms with Crippen LogP contribution in [0.3, 0.4) is 0 Å². The highest BCUT2D eigenvalue weighted by atomic mass is 32.2. The fraction of sp³-hybridized carbons (Fsp3) is 0.708. The van der Waals surface area contributed by atoms with Gasteiger partial charge >= 0.3 is 5.97 Å². The van der Waals surface area contributed by atoms with Crippen LogP contribution in [-0.4, -0.2) is 80.6 Å². The summed E-state index contributed by atoms with van der Waals surface area (Å²) in [6, 6.07) is -1.30. The number of aliphatic hydroxyl groups is 1. The van der Waals surface area contributed by atoms with E-state index in [4.69, 9.17) is 4.74 Å². The maximum atomic E-state index is 14.0. The first kappa shape index (κ1) is 24.8. The quantitative estimate of drug-likeness (QED) is 0.394. The Kier molecular flexibility index (Phi) is 7.44. The van der Waals surface area contributed by atoms with Crippen LogP contribution in [0.4, 0.5) is 0 Å². The third-order valence-electron chi connectivity index (χ3n) is 7.13. The molecule has 1 spiro atoms. The van der Waals surface area contributed by atoms with Gasteiger partial charge < -0.3 is 19.6 Å². The number of nitrogens with zero attached hydrogens (tertiary/aromatic N) is 2. The van der Waals surface area contributed by atoms with Crippen LogP contribution >= 0.6 is 11.8 Å². The Morgan fingerprint density at radius 2 is 2.00 bits per heavy atom. The number of esters is 1. The first-order valence-electron chi connectivity index (χ1n) is 11.5. The van der Waals surface area contributed by atoms with Crippen LogP contribution in [-0.2, 0) is 19.1 Å². The standard InChI is InChI=1S/C24H36N2O5S/c1-7-11-25(15(5)6)22(29)20-24-10-9-17(32-24)18(23(30)31-12-8-2)19(24)21(28)26(20)16(13-27)14(3)4/h7-8,14-20,27H,1-2,9-13H2,3-6H3/t16-,17-,18+,19-,20?,24?/m0/s1.